The Bertz CT molecular complexity index is 903. The zero-order valence-electron chi connectivity index (χ0n) is 15.5. The van der Waals surface area contributed by atoms with Gasteiger partial charge in [-0.05, 0) is 36.5 Å². The molecule has 7 heteroatoms. The number of allylic oxidation sites excluding steroid dienone is 3. The molecule has 0 aromatic heterocycles. The van der Waals surface area contributed by atoms with Gasteiger partial charge in [0.05, 0.1) is 34.2 Å². The number of dihydropyridines is 1. The van der Waals surface area contributed by atoms with Crippen molar-refractivity contribution < 1.29 is 9.53 Å². The van der Waals surface area contributed by atoms with E-state index in [1.54, 1.807) is 12.1 Å². The molecule has 0 amide bonds. The predicted molar refractivity (Wildman–Crippen MR) is 105 cm³/mol. The summed E-state index contributed by atoms with van der Waals surface area (Å²) in [5, 5.41) is 13.4. The Morgan fingerprint density at radius 2 is 1.96 bits per heavy atom. The topological polar surface area (TPSA) is 88.1 Å². The second kappa shape index (κ2) is 7.10. The third-order valence-electron chi connectivity index (χ3n) is 4.84. The first-order chi connectivity index (χ1) is 12.7. The van der Waals surface area contributed by atoms with E-state index in [9.17, 15) is 10.1 Å². The molecule has 3 N–H and O–H groups in total. The number of hydrogen-bond acceptors (Lipinski definition) is 5. The molecule has 1 aromatic rings. The second-order valence-corrected chi connectivity index (χ2v) is 8.39. The molecule has 0 saturated carbocycles. The highest BCUT2D eigenvalue weighted by Gasteiger charge is 2.41. The molecule has 0 bridgehead atoms. The van der Waals surface area contributed by atoms with E-state index in [1.807, 2.05) is 20.8 Å². The largest absolute Gasteiger partial charge is 0.491 e. The van der Waals surface area contributed by atoms with Gasteiger partial charge in [-0.15, -0.1) is 0 Å². The first-order valence-electron chi connectivity index (χ1n) is 8.73. The zero-order chi connectivity index (χ0) is 19.9. The van der Waals surface area contributed by atoms with Gasteiger partial charge in [-0.1, -0.05) is 37.0 Å². The van der Waals surface area contributed by atoms with Gasteiger partial charge in [-0.2, -0.15) is 5.26 Å². The summed E-state index contributed by atoms with van der Waals surface area (Å²) in [6.07, 6.45) is 1.07. The van der Waals surface area contributed by atoms with Crippen molar-refractivity contribution >= 4 is 29.0 Å². The molecular formula is C20H21Cl2N3O2. The minimum atomic E-state index is -0.597. The van der Waals surface area contributed by atoms with Crippen LogP contribution < -0.4 is 15.8 Å². The number of nitrogens with zero attached hydrogens (tertiary/aromatic N) is 1. The molecule has 5 nitrogen and oxygen atoms in total. The Balaban J connectivity index is 2.19. The summed E-state index contributed by atoms with van der Waals surface area (Å²) in [5.41, 5.74) is 8.21. The molecule has 0 radical (unpaired) electrons. The number of ketones is 1. The number of hydrogen-bond donors (Lipinski definition) is 2. The molecule has 1 aromatic carbocycles. The van der Waals surface area contributed by atoms with Crippen molar-refractivity contribution in [3.63, 3.8) is 0 Å². The van der Waals surface area contributed by atoms with Crippen LogP contribution in [0.15, 0.2) is 34.8 Å². The van der Waals surface area contributed by atoms with Gasteiger partial charge in [-0.25, -0.2) is 0 Å². The van der Waals surface area contributed by atoms with Crippen LogP contribution >= 0.6 is 23.2 Å². The third-order valence-corrected chi connectivity index (χ3v) is 5.40. The van der Waals surface area contributed by atoms with Gasteiger partial charge in [0.1, 0.15) is 5.82 Å². The molecule has 0 spiro atoms. The highest BCUT2D eigenvalue weighted by atomic mass is 35.5. The minimum Gasteiger partial charge on any atom is -0.491 e. The van der Waals surface area contributed by atoms with Crippen molar-refractivity contribution in [2.75, 3.05) is 6.61 Å². The fourth-order valence-corrected chi connectivity index (χ4v) is 4.41. The van der Waals surface area contributed by atoms with Gasteiger partial charge in [0.15, 0.2) is 11.5 Å². The molecule has 2 aliphatic rings. The van der Waals surface area contributed by atoms with Crippen LogP contribution in [0.5, 0.6) is 5.75 Å². The van der Waals surface area contributed by atoms with Crippen LogP contribution in [0, 0.1) is 16.7 Å². The van der Waals surface area contributed by atoms with Gasteiger partial charge >= 0.3 is 0 Å². The molecule has 1 aliphatic heterocycles. The fourth-order valence-electron chi connectivity index (χ4n) is 3.80. The SMILES string of the molecule is CCOc1c(Cl)cc([C@@H]2C(C#N)=C(N)NC3=C2C(=O)CC(C)(C)C3)cc1Cl. The highest BCUT2D eigenvalue weighted by Crippen LogP contribution is 2.47. The lowest BCUT2D eigenvalue weighted by Crippen LogP contribution is -2.39. The second-order valence-electron chi connectivity index (χ2n) is 7.58. The van der Waals surface area contributed by atoms with Crippen LogP contribution in [0.2, 0.25) is 10.0 Å². The van der Waals surface area contributed by atoms with Gasteiger partial charge < -0.3 is 15.8 Å². The normalized spacial score (nSPS) is 21.5. The fraction of sp³-hybridized carbons (Fsp3) is 0.400. The van der Waals surface area contributed by atoms with Crippen LogP contribution in [0.4, 0.5) is 0 Å². The van der Waals surface area contributed by atoms with E-state index in [2.05, 4.69) is 11.4 Å². The minimum absolute atomic E-state index is 0.000120. The maximum atomic E-state index is 13.0. The molecular weight excluding hydrogens is 385 g/mol. The molecule has 3 rings (SSSR count). The maximum Gasteiger partial charge on any atom is 0.162 e. The number of Topliss-reactive ketones (excluding diaryl/α,β-unsaturated/α-hetero) is 1. The summed E-state index contributed by atoms with van der Waals surface area (Å²) in [6, 6.07) is 5.53. The molecule has 0 unspecified atom stereocenters. The van der Waals surface area contributed by atoms with E-state index < -0.39 is 5.92 Å². The average Bonchev–Trinajstić information content (AvgIpc) is 2.55. The van der Waals surface area contributed by atoms with Gasteiger partial charge in [0.2, 0.25) is 0 Å². The number of nitriles is 1. The number of halogens is 2. The number of ether oxygens (including phenoxy) is 1. The van der Waals surface area contributed by atoms with Crippen molar-refractivity contribution in [1.29, 1.82) is 5.26 Å². The Hall–Kier alpha value is -2.16. The van der Waals surface area contributed by atoms with Crippen LogP contribution in [0.25, 0.3) is 0 Å². The molecule has 1 aliphatic carbocycles. The van der Waals surface area contributed by atoms with Crippen LogP contribution in [-0.4, -0.2) is 12.4 Å². The van der Waals surface area contributed by atoms with Crippen molar-refractivity contribution in [1.82, 2.24) is 5.32 Å². The van der Waals surface area contributed by atoms with Crippen molar-refractivity contribution in [2.45, 2.75) is 39.5 Å². The number of carbonyl (C=O) groups excluding carboxylic acids is 1. The number of carbonyl (C=O) groups is 1. The summed E-state index contributed by atoms with van der Waals surface area (Å²) < 4.78 is 5.48. The Morgan fingerprint density at radius 3 is 2.52 bits per heavy atom. The van der Waals surface area contributed by atoms with E-state index in [0.717, 1.165) is 5.70 Å². The van der Waals surface area contributed by atoms with Crippen LogP contribution in [-0.2, 0) is 4.79 Å². The number of benzene rings is 1. The van der Waals surface area contributed by atoms with Gasteiger partial charge in [-0.3, -0.25) is 4.79 Å². The Morgan fingerprint density at radius 1 is 1.33 bits per heavy atom. The lowest BCUT2D eigenvalue weighted by Gasteiger charge is -2.38. The van der Waals surface area contributed by atoms with Crippen LogP contribution in [0.3, 0.4) is 0 Å². The molecule has 1 atom stereocenters. The standard InChI is InChI=1S/C20H21Cl2N3O2/c1-4-27-18-12(21)5-10(6-13(18)22)16-11(9-23)19(24)25-14-7-20(2,3)8-15(26)17(14)16/h5-6,16,25H,4,7-8,24H2,1-3H3/t16-/m1/s1. The molecule has 0 saturated heterocycles. The van der Waals surface area contributed by atoms with E-state index in [0.29, 0.717) is 46.4 Å². The number of nitrogens with two attached hydrogens (primary N) is 1. The highest BCUT2D eigenvalue weighted by molar-refractivity contribution is 6.37. The van der Waals surface area contributed by atoms with Crippen LogP contribution in [0.1, 0.15) is 45.1 Å². The summed E-state index contributed by atoms with van der Waals surface area (Å²) >= 11 is 12.7. The first-order valence-corrected chi connectivity index (χ1v) is 9.49. The third kappa shape index (κ3) is 3.52. The molecule has 27 heavy (non-hydrogen) atoms. The molecule has 1 heterocycles. The summed E-state index contributed by atoms with van der Waals surface area (Å²) in [6.45, 7) is 6.33. The smallest absolute Gasteiger partial charge is 0.162 e. The first kappa shape index (κ1) is 19.6. The lowest BCUT2D eigenvalue weighted by molar-refractivity contribution is -0.118. The monoisotopic (exact) mass is 405 g/mol. The quantitative estimate of drug-likeness (QED) is 0.776. The van der Waals surface area contributed by atoms with Gasteiger partial charge in [0, 0.05) is 17.7 Å². The van der Waals surface area contributed by atoms with Crippen molar-refractivity contribution in [2.24, 2.45) is 11.1 Å². The summed E-state index contributed by atoms with van der Waals surface area (Å²) in [7, 11) is 0. The summed E-state index contributed by atoms with van der Waals surface area (Å²) in [5.74, 6) is 0.0489. The maximum absolute atomic E-state index is 13.0. The zero-order valence-corrected chi connectivity index (χ0v) is 17.0. The van der Waals surface area contributed by atoms with Crippen molar-refractivity contribution in [3.8, 4) is 11.8 Å². The van der Waals surface area contributed by atoms with E-state index >= 15 is 0 Å². The van der Waals surface area contributed by atoms with E-state index in [1.165, 1.54) is 0 Å². The van der Waals surface area contributed by atoms with Crippen molar-refractivity contribution in [3.05, 3.63) is 50.4 Å². The Labute approximate surface area is 168 Å². The number of rotatable bonds is 3. The van der Waals surface area contributed by atoms with Gasteiger partial charge in [0.25, 0.3) is 0 Å². The molecule has 142 valence electrons. The van der Waals surface area contributed by atoms with E-state index in [4.69, 9.17) is 33.7 Å². The average molecular weight is 406 g/mol. The molecule has 0 fully saturated rings. The summed E-state index contributed by atoms with van der Waals surface area (Å²) in [4.78, 5) is 13.0. The Kier molecular flexibility index (Phi) is 5.16. The van der Waals surface area contributed by atoms with E-state index in [-0.39, 0.29) is 22.6 Å². The number of nitrogens with one attached hydrogen (secondary N) is 1. The lowest BCUT2D eigenvalue weighted by atomic mass is 9.69. The predicted octanol–water partition coefficient (Wildman–Crippen LogP) is 4.42.